The quantitative estimate of drug-likeness (QED) is 0.185. The maximum absolute atomic E-state index is 10.8. The van der Waals surface area contributed by atoms with Crippen LogP contribution in [0.2, 0.25) is 0 Å². The Bertz CT molecular complexity index is 1780. The number of phenolic OH excluding ortho intramolecular Hbond substituents is 1. The van der Waals surface area contributed by atoms with Gasteiger partial charge >= 0.3 is 0 Å². The predicted molar refractivity (Wildman–Crippen MR) is 188 cm³/mol. The van der Waals surface area contributed by atoms with Crippen molar-refractivity contribution >= 4 is 0 Å². The van der Waals surface area contributed by atoms with E-state index in [0.29, 0.717) is 11.5 Å². The van der Waals surface area contributed by atoms with Gasteiger partial charge in [-0.3, -0.25) is 0 Å². The topological polar surface area (TPSA) is 66.4 Å². The van der Waals surface area contributed by atoms with Crippen molar-refractivity contribution < 1.29 is 37.8 Å². The minimum absolute atomic E-state index is 0.120. The number of phenols is 1. The summed E-state index contributed by atoms with van der Waals surface area (Å²) in [5.41, 5.74) is 7.52. The molecule has 0 saturated carbocycles. The molecule has 48 heavy (non-hydrogen) atoms. The lowest BCUT2D eigenvalue weighted by Gasteiger charge is -2.43. The van der Waals surface area contributed by atoms with Crippen molar-refractivity contribution in [2.24, 2.45) is 0 Å². The van der Waals surface area contributed by atoms with E-state index in [9.17, 15) is 5.11 Å². The van der Waals surface area contributed by atoms with Crippen molar-refractivity contribution in [2.75, 3.05) is 69.7 Å². The van der Waals surface area contributed by atoms with Crippen molar-refractivity contribution in [1.82, 2.24) is 0 Å². The second-order valence-corrected chi connectivity index (χ2v) is 14.3. The molecule has 2 heterocycles. The average molecular weight is 655 g/mol. The van der Waals surface area contributed by atoms with Gasteiger partial charge in [0.15, 0.2) is 34.5 Å². The fourth-order valence-electron chi connectivity index (χ4n) is 7.56. The number of ether oxygens (including phenoxy) is 5. The van der Waals surface area contributed by atoms with Crippen LogP contribution < -0.4 is 23.7 Å². The molecule has 0 aromatic heterocycles. The largest absolute Gasteiger partial charge is 0.504 e. The molecule has 254 valence electrons. The first-order valence-corrected chi connectivity index (χ1v) is 16.7. The van der Waals surface area contributed by atoms with Gasteiger partial charge in [-0.1, -0.05) is 18.2 Å². The van der Waals surface area contributed by atoms with E-state index in [-0.39, 0.29) is 17.8 Å². The van der Waals surface area contributed by atoms with Crippen LogP contribution in [0.3, 0.4) is 0 Å². The van der Waals surface area contributed by atoms with E-state index in [2.05, 4.69) is 64.6 Å². The lowest BCUT2D eigenvalue weighted by atomic mass is 9.86. The normalized spacial score (nSPS) is 19.1. The Balaban J connectivity index is 1.21. The first-order valence-electron chi connectivity index (χ1n) is 16.7. The molecule has 6 rings (SSSR count). The number of benzene rings is 4. The molecule has 8 heteroatoms. The van der Waals surface area contributed by atoms with Gasteiger partial charge in [-0.2, -0.15) is 0 Å². The lowest BCUT2D eigenvalue weighted by Crippen LogP contribution is -2.48. The Morgan fingerprint density at radius 3 is 1.48 bits per heavy atom. The molecule has 1 N–H and O–H groups in total. The minimum atomic E-state index is 0.120. The third-order valence-corrected chi connectivity index (χ3v) is 10.6. The number of methoxy groups -OCH3 is 4. The number of likely N-dealkylation sites (N-methyl/N-ethyl adjacent to an activating group) is 2. The number of rotatable bonds is 10. The summed E-state index contributed by atoms with van der Waals surface area (Å²) in [6, 6.07) is 23.0. The van der Waals surface area contributed by atoms with Gasteiger partial charge in [-0.05, 0) is 70.8 Å². The van der Waals surface area contributed by atoms with E-state index in [1.807, 2.05) is 24.3 Å². The summed E-state index contributed by atoms with van der Waals surface area (Å²) < 4.78 is 30.6. The summed E-state index contributed by atoms with van der Waals surface area (Å²) in [6.07, 6.45) is 3.65. The van der Waals surface area contributed by atoms with Crippen LogP contribution in [0, 0.1) is 0 Å². The molecule has 2 unspecified atom stereocenters. The third kappa shape index (κ3) is 6.51. The summed E-state index contributed by atoms with van der Waals surface area (Å²) in [5, 5.41) is 10.8. The molecular weight excluding hydrogens is 604 g/mol. The van der Waals surface area contributed by atoms with Gasteiger partial charge in [-0.25, -0.2) is 0 Å². The second-order valence-electron chi connectivity index (χ2n) is 14.3. The molecule has 0 radical (unpaired) electrons. The van der Waals surface area contributed by atoms with Crippen molar-refractivity contribution in [1.29, 1.82) is 0 Å². The summed E-state index contributed by atoms with van der Waals surface area (Å²) in [6.45, 7) is 2.07. The van der Waals surface area contributed by atoms with Crippen LogP contribution in [0.1, 0.15) is 45.5 Å². The molecule has 0 fully saturated rings. The van der Waals surface area contributed by atoms with Crippen LogP contribution in [-0.2, 0) is 25.7 Å². The van der Waals surface area contributed by atoms with Gasteiger partial charge < -0.3 is 37.8 Å². The van der Waals surface area contributed by atoms with E-state index in [1.165, 1.54) is 27.8 Å². The van der Waals surface area contributed by atoms with Gasteiger partial charge in [0, 0.05) is 36.8 Å². The molecule has 4 aromatic rings. The van der Waals surface area contributed by atoms with Gasteiger partial charge in [0.25, 0.3) is 0 Å². The predicted octanol–water partition coefficient (Wildman–Crippen LogP) is 7.05. The van der Waals surface area contributed by atoms with Gasteiger partial charge in [0.05, 0.1) is 69.7 Å². The monoisotopic (exact) mass is 654 g/mol. The molecule has 2 aliphatic rings. The highest BCUT2D eigenvalue weighted by Gasteiger charge is 2.38. The number of hydrogen-bond donors (Lipinski definition) is 1. The molecule has 0 spiro atoms. The number of hydrogen-bond acceptors (Lipinski definition) is 6. The number of aromatic hydroxyl groups is 1. The van der Waals surface area contributed by atoms with Crippen LogP contribution in [-0.4, -0.2) is 83.8 Å². The highest BCUT2D eigenvalue weighted by Crippen LogP contribution is 2.44. The Labute approximate surface area is 285 Å². The van der Waals surface area contributed by atoms with Crippen molar-refractivity contribution in [3.8, 4) is 40.2 Å². The molecule has 2 atom stereocenters. The van der Waals surface area contributed by atoms with Crippen molar-refractivity contribution in [3.05, 3.63) is 100 Å². The molecule has 2 aliphatic heterocycles. The summed E-state index contributed by atoms with van der Waals surface area (Å²) in [7, 11) is 15.9. The number of fused-ring (bicyclic) bond motifs is 2. The first-order chi connectivity index (χ1) is 23.0. The van der Waals surface area contributed by atoms with Crippen LogP contribution >= 0.6 is 0 Å². The molecule has 0 bridgehead atoms. The fourth-order valence-corrected chi connectivity index (χ4v) is 7.56. The maximum Gasteiger partial charge on any atom is 0.169 e. The Morgan fingerprint density at radius 1 is 0.562 bits per heavy atom. The maximum atomic E-state index is 10.8. The van der Waals surface area contributed by atoms with E-state index in [4.69, 9.17) is 23.7 Å². The second kappa shape index (κ2) is 13.2. The van der Waals surface area contributed by atoms with Crippen LogP contribution in [0.4, 0.5) is 0 Å². The molecular formula is C40H50N2O6+2. The summed E-state index contributed by atoms with van der Waals surface area (Å²) in [4.78, 5) is 0. The minimum Gasteiger partial charge on any atom is -0.504 e. The average Bonchev–Trinajstić information content (AvgIpc) is 3.08. The van der Waals surface area contributed by atoms with Gasteiger partial charge in [0.2, 0.25) is 0 Å². The summed E-state index contributed by atoms with van der Waals surface area (Å²) >= 11 is 0. The zero-order chi connectivity index (χ0) is 34.2. The van der Waals surface area contributed by atoms with Crippen LogP contribution in [0.25, 0.3) is 0 Å². The Morgan fingerprint density at radius 2 is 1.00 bits per heavy atom. The van der Waals surface area contributed by atoms with Crippen LogP contribution in [0.15, 0.2) is 66.7 Å². The fraction of sp³-hybridized carbons (Fsp3) is 0.400. The van der Waals surface area contributed by atoms with Gasteiger partial charge in [-0.15, -0.1) is 0 Å². The highest BCUT2D eigenvalue weighted by molar-refractivity contribution is 5.51. The Kier molecular flexibility index (Phi) is 9.25. The zero-order valence-corrected chi connectivity index (χ0v) is 29.6. The van der Waals surface area contributed by atoms with Crippen molar-refractivity contribution in [2.45, 2.75) is 37.8 Å². The van der Waals surface area contributed by atoms with E-state index >= 15 is 0 Å². The molecule has 0 saturated heterocycles. The lowest BCUT2D eigenvalue weighted by molar-refractivity contribution is -0.923. The third-order valence-electron chi connectivity index (χ3n) is 10.6. The molecule has 0 aliphatic carbocycles. The van der Waals surface area contributed by atoms with E-state index in [0.717, 1.165) is 76.3 Å². The molecule has 0 amide bonds. The molecule has 8 nitrogen and oxygen atoms in total. The van der Waals surface area contributed by atoms with E-state index in [1.54, 1.807) is 34.5 Å². The SMILES string of the molecule is COc1cc2c(cc1OC)C(Cc1ccc(Oc3cc(CC4c5cc(OC)c(OC)cc5CC[N+]4(C)C)ccc3O)cc1)[N+](C)(C)CC2. The Hall–Kier alpha value is -4.40. The highest BCUT2D eigenvalue weighted by atomic mass is 16.5. The smallest absolute Gasteiger partial charge is 0.169 e. The number of nitrogens with zero attached hydrogens (tertiary/aromatic N) is 2. The number of quaternary nitrogens is 2. The van der Waals surface area contributed by atoms with Crippen molar-refractivity contribution in [3.63, 3.8) is 0 Å². The first kappa shape index (κ1) is 33.5. The standard InChI is InChI=1S/C40H49N2O6/c1-41(2)17-15-28-22-37(44-5)39(46-7)24-31(28)33(41)19-26-9-12-30(13-10-26)48-36-21-27(11-14-35(36)43)20-34-32-25-40(47-8)38(45-6)23-29(32)16-18-42(34,3)4/h9-14,21-25,33-34H,15-20H2,1-8H3/q+1/p+1. The van der Waals surface area contributed by atoms with E-state index < -0.39 is 0 Å². The molecule has 4 aromatic carbocycles. The summed E-state index contributed by atoms with van der Waals surface area (Å²) in [5.74, 6) is 4.32. The van der Waals surface area contributed by atoms with Crippen LogP contribution in [0.5, 0.6) is 40.2 Å². The zero-order valence-electron chi connectivity index (χ0n) is 29.6. The van der Waals surface area contributed by atoms with Gasteiger partial charge in [0.1, 0.15) is 17.8 Å².